The van der Waals surface area contributed by atoms with Gasteiger partial charge in [0.15, 0.2) is 0 Å². The SMILES string of the molecule is Cc1nc2ccccc2n1CCNC(=O)c1cccn1Cc1ccccc1. The minimum atomic E-state index is -0.0574. The van der Waals surface area contributed by atoms with E-state index in [4.69, 9.17) is 0 Å². The fourth-order valence-electron chi connectivity index (χ4n) is 3.39. The second-order valence-corrected chi connectivity index (χ2v) is 6.56. The summed E-state index contributed by atoms with van der Waals surface area (Å²) in [6, 6.07) is 22.0. The second-order valence-electron chi connectivity index (χ2n) is 6.56. The van der Waals surface area contributed by atoms with Crippen molar-refractivity contribution in [3.05, 3.63) is 90.0 Å². The Morgan fingerprint density at radius 1 is 1.00 bits per heavy atom. The standard InChI is InChI=1S/C22H22N4O/c1-17-24-19-10-5-6-11-20(19)26(17)15-13-23-22(27)21-12-7-14-25(21)16-18-8-3-2-4-9-18/h2-12,14H,13,15-16H2,1H3,(H,23,27). The quantitative estimate of drug-likeness (QED) is 0.572. The van der Waals surface area contributed by atoms with E-state index in [1.54, 1.807) is 0 Å². The number of imidazole rings is 1. The summed E-state index contributed by atoms with van der Waals surface area (Å²) < 4.78 is 4.11. The van der Waals surface area contributed by atoms with Crippen LogP contribution in [0.25, 0.3) is 11.0 Å². The summed E-state index contributed by atoms with van der Waals surface area (Å²) >= 11 is 0. The monoisotopic (exact) mass is 358 g/mol. The zero-order valence-corrected chi connectivity index (χ0v) is 15.3. The molecule has 2 aromatic carbocycles. The van der Waals surface area contributed by atoms with Gasteiger partial charge in [0, 0.05) is 25.8 Å². The Morgan fingerprint density at radius 3 is 2.63 bits per heavy atom. The van der Waals surface area contributed by atoms with Crippen LogP contribution in [0.2, 0.25) is 0 Å². The molecule has 0 fully saturated rings. The molecular weight excluding hydrogens is 336 g/mol. The zero-order valence-electron chi connectivity index (χ0n) is 15.3. The molecule has 0 aliphatic carbocycles. The number of carbonyl (C=O) groups excluding carboxylic acids is 1. The summed E-state index contributed by atoms with van der Waals surface area (Å²) in [5.41, 5.74) is 3.92. The van der Waals surface area contributed by atoms with Crippen LogP contribution in [0.15, 0.2) is 72.9 Å². The number of rotatable bonds is 6. The molecule has 5 nitrogen and oxygen atoms in total. The van der Waals surface area contributed by atoms with Crippen LogP contribution in [0.5, 0.6) is 0 Å². The van der Waals surface area contributed by atoms with Crippen molar-refractivity contribution in [1.29, 1.82) is 0 Å². The average Bonchev–Trinajstić information content (AvgIpc) is 3.27. The fourth-order valence-corrected chi connectivity index (χ4v) is 3.39. The Morgan fingerprint density at radius 2 is 1.78 bits per heavy atom. The number of carbonyl (C=O) groups is 1. The maximum Gasteiger partial charge on any atom is 0.267 e. The van der Waals surface area contributed by atoms with Gasteiger partial charge in [-0.25, -0.2) is 4.98 Å². The Kier molecular flexibility index (Phi) is 4.75. The highest BCUT2D eigenvalue weighted by Gasteiger charge is 2.12. The summed E-state index contributed by atoms with van der Waals surface area (Å²) in [5.74, 6) is 0.899. The highest BCUT2D eigenvalue weighted by atomic mass is 16.1. The molecule has 136 valence electrons. The van der Waals surface area contributed by atoms with Crippen molar-refractivity contribution in [2.45, 2.75) is 20.0 Å². The van der Waals surface area contributed by atoms with Crippen LogP contribution in [0.3, 0.4) is 0 Å². The molecule has 0 aliphatic rings. The number of nitrogens with zero attached hydrogens (tertiary/aromatic N) is 3. The third-order valence-electron chi connectivity index (χ3n) is 4.72. The van der Waals surface area contributed by atoms with Crippen LogP contribution in [0, 0.1) is 6.92 Å². The van der Waals surface area contributed by atoms with Gasteiger partial charge in [0.05, 0.1) is 11.0 Å². The molecule has 5 heteroatoms. The molecule has 1 amide bonds. The van der Waals surface area contributed by atoms with Gasteiger partial charge in [0.2, 0.25) is 0 Å². The van der Waals surface area contributed by atoms with Crippen molar-refractivity contribution in [2.24, 2.45) is 0 Å². The first-order valence-electron chi connectivity index (χ1n) is 9.11. The van der Waals surface area contributed by atoms with Gasteiger partial charge >= 0.3 is 0 Å². The van der Waals surface area contributed by atoms with Gasteiger partial charge in [-0.2, -0.15) is 0 Å². The molecule has 0 spiro atoms. The minimum absolute atomic E-state index is 0.0574. The normalized spacial score (nSPS) is 11.0. The van der Waals surface area contributed by atoms with Gasteiger partial charge in [-0.05, 0) is 36.8 Å². The number of para-hydroxylation sites is 2. The lowest BCUT2D eigenvalue weighted by Gasteiger charge is -2.11. The average molecular weight is 358 g/mol. The molecular formula is C22H22N4O. The minimum Gasteiger partial charge on any atom is -0.349 e. The van der Waals surface area contributed by atoms with Crippen LogP contribution in [-0.4, -0.2) is 26.6 Å². The number of hydrogen-bond acceptors (Lipinski definition) is 2. The van der Waals surface area contributed by atoms with Crippen molar-refractivity contribution < 1.29 is 4.79 Å². The van der Waals surface area contributed by atoms with E-state index in [-0.39, 0.29) is 5.91 Å². The molecule has 2 heterocycles. The van der Waals surface area contributed by atoms with Gasteiger partial charge in [-0.1, -0.05) is 42.5 Å². The molecule has 1 N–H and O–H groups in total. The van der Waals surface area contributed by atoms with Gasteiger partial charge in [-0.15, -0.1) is 0 Å². The lowest BCUT2D eigenvalue weighted by Crippen LogP contribution is -2.29. The number of aryl methyl sites for hydroxylation is 1. The highest BCUT2D eigenvalue weighted by Crippen LogP contribution is 2.15. The topological polar surface area (TPSA) is 51.9 Å². The summed E-state index contributed by atoms with van der Waals surface area (Å²) in [7, 11) is 0. The number of benzene rings is 2. The van der Waals surface area contributed by atoms with Crippen LogP contribution < -0.4 is 5.32 Å². The maximum atomic E-state index is 12.6. The molecule has 0 aliphatic heterocycles. The molecule has 0 saturated heterocycles. The first-order valence-corrected chi connectivity index (χ1v) is 9.11. The van der Waals surface area contributed by atoms with E-state index >= 15 is 0 Å². The van der Waals surface area contributed by atoms with E-state index in [1.165, 1.54) is 5.56 Å². The fraction of sp³-hybridized carbons (Fsp3) is 0.182. The maximum absolute atomic E-state index is 12.6. The zero-order chi connectivity index (χ0) is 18.6. The van der Waals surface area contributed by atoms with Crippen molar-refractivity contribution in [2.75, 3.05) is 6.54 Å². The van der Waals surface area contributed by atoms with Crippen LogP contribution in [0.1, 0.15) is 21.9 Å². The lowest BCUT2D eigenvalue weighted by atomic mass is 10.2. The summed E-state index contributed by atoms with van der Waals surface area (Å²) in [4.78, 5) is 17.2. The van der Waals surface area contributed by atoms with Gasteiger partial charge in [0.25, 0.3) is 5.91 Å². The smallest absolute Gasteiger partial charge is 0.267 e. The van der Waals surface area contributed by atoms with Crippen LogP contribution in [0.4, 0.5) is 0 Å². The van der Waals surface area contributed by atoms with E-state index in [0.717, 1.165) is 16.9 Å². The Hall–Kier alpha value is -3.34. The Balaban J connectivity index is 1.42. The Labute approximate surface area is 158 Å². The third kappa shape index (κ3) is 3.62. The summed E-state index contributed by atoms with van der Waals surface area (Å²) in [6.07, 6.45) is 1.94. The largest absolute Gasteiger partial charge is 0.349 e. The predicted molar refractivity (Wildman–Crippen MR) is 107 cm³/mol. The van der Waals surface area contributed by atoms with E-state index < -0.39 is 0 Å². The molecule has 4 rings (SSSR count). The first-order chi connectivity index (χ1) is 13.2. The van der Waals surface area contributed by atoms with Crippen LogP contribution in [-0.2, 0) is 13.1 Å². The number of hydrogen-bond donors (Lipinski definition) is 1. The predicted octanol–water partition coefficient (Wildman–Crippen LogP) is 3.62. The highest BCUT2D eigenvalue weighted by molar-refractivity contribution is 5.92. The molecule has 0 radical (unpaired) electrons. The molecule has 2 aromatic heterocycles. The third-order valence-corrected chi connectivity index (χ3v) is 4.72. The number of amides is 1. The summed E-state index contributed by atoms with van der Waals surface area (Å²) in [6.45, 7) is 3.92. The first kappa shape index (κ1) is 17.1. The molecule has 0 saturated carbocycles. The van der Waals surface area contributed by atoms with Crippen molar-refractivity contribution in [1.82, 2.24) is 19.4 Å². The van der Waals surface area contributed by atoms with E-state index in [0.29, 0.717) is 25.3 Å². The Bertz CT molecular complexity index is 1060. The summed E-state index contributed by atoms with van der Waals surface area (Å²) in [5, 5.41) is 3.03. The van der Waals surface area contributed by atoms with E-state index in [1.807, 2.05) is 66.2 Å². The lowest BCUT2D eigenvalue weighted by molar-refractivity contribution is 0.0943. The molecule has 0 bridgehead atoms. The van der Waals surface area contributed by atoms with Crippen LogP contribution >= 0.6 is 0 Å². The number of nitrogens with one attached hydrogen (secondary N) is 1. The van der Waals surface area contributed by atoms with Gasteiger partial charge in [0.1, 0.15) is 11.5 Å². The van der Waals surface area contributed by atoms with E-state index in [9.17, 15) is 4.79 Å². The van der Waals surface area contributed by atoms with Crippen molar-refractivity contribution in [3.8, 4) is 0 Å². The molecule has 0 unspecified atom stereocenters. The second kappa shape index (κ2) is 7.50. The number of fused-ring (bicyclic) bond motifs is 1. The number of aromatic nitrogens is 3. The molecule has 0 atom stereocenters. The molecule has 27 heavy (non-hydrogen) atoms. The van der Waals surface area contributed by atoms with Gasteiger partial charge < -0.3 is 14.5 Å². The molecule has 4 aromatic rings. The van der Waals surface area contributed by atoms with Crippen molar-refractivity contribution in [3.63, 3.8) is 0 Å². The van der Waals surface area contributed by atoms with Crippen molar-refractivity contribution >= 4 is 16.9 Å². The van der Waals surface area contributed by atoms with Gasteiger partial charge in [-0.3, -0.25) is 4.79 Å². The van der Waals surface area contributed by atoms with E-state index in [2.05, 4.69) is 33.1 Å².